The number of unbranched alkanes of at least 4 members (excludes halogenated alkanes) is 2. The van der Waals surface area contributed by atoms with Gasteiger partial charge in [-0.25, -0.2) is 0 Å². The van der Waals surface area contributed by atoms with Crippen LogP contribution in [0.15, 0.2) is 0 Å². The summed E-state index contributed by atoms with van der Waals surface area (Å²) in [6.07, 6.45) is 9.52. The molecule has 0 atom stereocenters. The van der Waals surface area contributed by atoms with E-state index in [0.29, 0.717) is 11.6 Å². The van der Waals surface area contributed by atoms with Crippen LogP contribution in [0.1, 0.15) is 78.1 Å². The van der Waals surface area contributed by atoms with E-state index >= 15 is 0 Å². The molecule has 0 aromatic rings. The van der Waals surface area contributed by atoms with Gasteiger partial charge < -0.3 is 0 Å². The molecule has 1 fully saturated rings. The van der Waals surface area contributed by atoms with E-state index in [4.69, 9.17) is 0 Å². The van der Waals surface area contributed by atoms with E-state index in [0.717, 1.165) is 64.2 Å². The highest BCUT2D eigenvalue weighted by Gasteiger charge is 2.28. The second-order valence-corrected chi connectivity index (χ2v) is 5.69. The summed E-state index contributed by atoms with van der Waals surface area (Å²) in [6, 6.07) is 0. The van der Waals surface area contributed by atoms with E-state index in [2.05, 4.69) is 13.8 Å². The monoisotopic (exact) mass is 252 g/mol. The lowest BCUT2D eigenvalue weighted by Gasteiger charge is -2.26. The van der Waals surface area contributed by atoms with Crippen LogP contribution in [0.3, 0.4) is 0 Å². The van der Waals surface area contributed by atoms with Gasteiger partial charge in [0, 0.05) is 24.7 Å². The zero-order chi connectivity index (χ0) is 13.4. The Morgan fingerprint density at radius 1 is 0.778 bits per heavy atom. The van der Waals surface area contributed by atoms with Crippen molar-refractivity contribution in [2.45, 2.75) is 78.1 Å². The number of carbonyl (C=O) groups excluding carboxylic acids is 2. The van der Waals surface area contributed by atoms with Crippen LogP contribution in [0.2, 0.25) is 0 Å². The fourth-order valence-electron chi connectivity index (χ4n) is 2.85. The van der Waals surface area contributed by atoms with Gasteiger partial charge in [-0.2, -0.15) is 0 Å². The van der Waals surface area contributed by atoms with E-state index in [9.17, 15) is 9.59 Å². The molecule has 1 rings (SSSR count). The highest BCUT2D eigenvalue weighted by Crippen LogP contribution is 2.31. The summed E-state index contributed by atoms with van der Waals surface area (Å²) >= 11 is 0. The number of carbonyl (C=O) groups is 2. The highest BCUT2D eigenvalue weighted by molar-refractivity contribution is 5.83. The number of hydrogen-bond acceptors (Lipinski definition) is 2. The molecule has 1 saturated carbocycles. The van der Waals surface area contributed by atoms with Crippen molar-refractivity contribution in [3.8, 4) is 0 Å². The number of Topliss-reactive ketones (excluding diaryl/α,β-unsaturated/α-hetero) is 2. The fourth-order valence-corrected chi connectivity index (χ4v) is 2.85. The first-order valence-corrected chi connectivity index (χ1v) is 7.74. The van der Waals surface area contributed by atoms with Gasteiger partial charge in [-0.3, -0.25) is 9.59 Å². The maximum Gasteiger partial charge on any atom is 0.135 e. The predicted octanol–water partition coefficient (Wildman–Crippen LogP) is 4.31. The van der Waals surface area contributed by atoms with E-state index < -0.39 is 0 Å². The Kier molecular flexibility index (Phi) is 7.22. The van der Waals surface area contributed by atoms with Crippen molar-refractivity contribution in [2.24, 2.45) is 11.8 Å². The lowest BCUT2D eigenvalue weighted by atomic mass is 9.77. The van der Waals surface area contributed by atoms with Crippen molar-refractivity contribution >= 4 is 11.6 Å². The minimum atomic E-state index is 0.256. The number of ketones is 2. The van der Waals surface area contributed by atoms with E-state index in [1.165, 1.54) is 0 Å². The quantitative estimate of drug-likeness (QED) is 0.645. The van der Waals surface area contributed by atoms with Crippen LogP contribution in [0.5, 0.6) is 0 Å². The topological polar surface area (TPSA) is 34.1 Å². The molecule has 18 heavy (non-hydrogen) atoms. The summed E-state index contributed by atoms with van der Waals surface area (Å²) in [7, 11) is 0. The minimum Gasteiger partial charge on any atom is -0.299 e. The molecular weight excluding hydrogens is 224 g/mol. The number of hydrogen-bond donors (Lipinski definition) is 0. The molecule has 2 heteroatoms. The summed E-state index contributed by atoms with van der Waals surface area (Å²) in [6.45, 7) is 4.24. The zero-order valence-electron chi connectivity index (χ0n) is 12.0. The van der Waals surface area contributed by atoms with Crippen LogP contribution in [0, 0.1) is 11.8 Å². The molecule has 0 bridgehead atoms. The Hall–Kier alpha value is -0.660. The van der Waals surface area contributed by atoms with Crippen molar-refractivity contribution in [1.29, 1.82) is 0 Å². The SMILES string of the molecule is CCCCC(=O)C1CCC(C(=O)CCCC)CC1. The van der Waals surface area contributed by atoms with Crippen LogP contribution in [-0.4, -0.2) is 11.6 Å². The lowest BCUT2D eigenvalue weighted by molar-refractivity contribution is -0.128. The molecule has 0 aliphatic heterocycles. The van der Waals surface area contributed by atoms with Gasteiger partial charge in [0.15, 0.2) is 0 Å². The van der Waals surface area contributed by atoms with E-state index in [1.54, 1.807) is 0 Å². The Bertz CT molecular complexity index is 234. The fraction of sp³-hybridized carbons (Fsp3) is 0.875. The average molecular weight is 252 g/mol. The third-order valence-corrected chi connectivity index (χ3v) is 4.19. The first kappa shape index (κ1) is 15.4. The van der Waals surface area contributed by atoms with Crippen molar-refractivity contribution in [3.63, 3.8) is 0 Å². The molecule has 0 aromatic carbocycles. The smallest absolute Gasteiger partial charge is 0.135 e. The molecule has 0 spiro atoms. The third-order valence-electron chi connectivity index (χ3n) is 4.19. The summed E-state index contributed by atoms with van der Waals surface area (Å²) in [5.41, 5.74) is 0. The van der Waals surface area contributed by atoms with Crippen molar-refractivity contribution in [1.82, 2.24) is 0 Å². The Morgan fingerprint density at radius 2 is 1.11 bits per heavy atom. The summed E-state index contributed by atoms with van der Waals surface area (Å²) in [5.74, 6) is 1.39. The first-order valence-electron chi connectivity index (χ1n) is 7.74. The minimum absolute atomic E-state index is 0.256. The molecule has 0 N–H and O–H groups in total. The third kappa shape index (κ3) is 4.91. The van der Waals surface area contributed by atoms with Gasteiger partial charge >= 0.3 is 0 Å². The molecule has 1 aliphatic carbocycles. The van der Waals surface area contributed by atoms with Crippen molar-refractivity contribution in [2.75, 3.05) is 0 Å². The molecule has 1 aliphatic rings. The second kappa shape index (κ2) is 8.44. The van der Waals surface area contributed by atoms with Gasteiger partial charge in [0.05, 0.1) is 0 Å². The standard InChI is InChI=1S/C16H28O2/c1-3-5-7-15(17)13-9-11-14(12-10-13)16(18)8-6-4-2/h13-14H,3-12H2,1-2H3. The van der Waals surface area contributed by atoms with Crippen LogP contribution in [0.4, 0.5) is 0 Å². The van der Waals surface area contributed by atoms with Crippen LogP contribution in [0.25, 0.3) is 0 Å². The van der Waals surface area contributed by atoms with Crippen LogP contribution in [-0.2, 0) is 9.59 Å². The summed E-state index contributed by atoms with van der Waals surface area (Å²) in [5, 5.41) is 0. The molecule has 0 saturated heterocycles. The maximum absolute atomic E-state index is 11.9. The van der Waals surface area contributed by atoms with Crippen LogP contribution < -0.4 is 0 Å². The molecule has 0 amide bonds. The first-order chi connectivity index (χ1) is 8.69. The largest absolute Gasteiger partial charge is 0.299 e. The molecule has 0 radical (unpaired) electrons. The van der Waals surface area contributed by atoms with Gasteiger partial charge in [-0.1, -0.05) is 26.7 Å². The highest BCUT2D eigenvalue weighted by atomic mass is 16.1. The number of rotatable bonds is 8. The summed E-state index contributed by atoms with van der Waals surface area (Å²) in [4.78, 5) is 23.8. The van der Waals surface area contributed by atoms with Crippen molar-refractivity contribution < 1.29 is 9.59 Å². The predicted molar refractivity (Wildman–Crippen MR) is 74.5 cm³/mol. The zero-order valence-corrected chi connectivity index (χ0v) is 12.0. The normalized spacial score (nSPS) is 23.9. The molecule has 2 nitrogen and oxygen atoms in total. The molecule has 104 valence electrons. The van der Waals surface area contributed by atoms with Gasteiger partial charge in [-0.15, -0.1) is 0 Å². The maximum atomic E-state index is 11.9. The average Bonchev–Trinajstić information content (AvgIpc) is 2.42. The van der Waals surface area contributed by atoms with Crippen molar-refractivity contribution in [3.05, 3.63) is 0 Å². The van der Waals surface area contributed by atoms with E-state index in [-0.39, 0.29) is 11.8 Å². The van der Waals surface area contributed by atoms with E-state index in [1.807, 2.05) is 0 Å². The molecule has 0 aromatic heterocycles. The lowest BCUT2D eigenvalue weighted by Crippen LogP contribution is -2.26. The van der Waals surface area contributed by atoms with Crippen LogP contribution >= 0.6 is 0 Å². The Labute approximate surface area is 112 Å². The van der Waals surface area contributed by atoms with Gasteiger partial charge in [0.25, 0.3) is 0 Å². The van der Waals surface area contributed by atoms with Gasteiger partial charge in [-0.05, 0) is 38.5 Å². The summed E-state index contributed by atoms with van der Waals surface area (Å²) < 4.78 is 0. The molecule has 0 heterocycles. The molecular formula is C16H28O2. The Morgan fingerprint density at radius 3 is 1.39 bits per heavy atom. The van der Waals surface area contributed by atoms with Gasteiger partial charge in [0.1, 0.15) is 11.6 Å². The second-order valence-electron chi connectivity index (χ2n) is 5.69. The molecule has 0 unspecified atom stereocenters. The Balaban J connectivity index is 2.27. The van der Waals surface area contributed by atoms with Gasteiger partial charge in [0.2, 0.25) is 0 Å².